The fourth-order valence-electron chi connectivity index (χ4n) is 3.39. The van der Waals surface area contributed by atoms with Crippen molar-refractivity contribution in [3.8, 4) is 0 Å². The first-order chi connectivity index (χ1) is 16.0. The van der Waals surface area contributed by atoms with Gasteiger partial charge in [0, 0.05) is 25.2 Å². The number of hydrogen-bond acceptors (Lipinski definition) is 5. The van der Waals surface area contributed by atoms with Crippen molar-refractivity contribution in [2.24, 2.45) is 5.73 Å². The Morgan fingerprint density at radius 1 is 1.03 bits per heavy atom. The summed E-state index contributed by atoms with van der Waals surface area (Å²) in [6, 6.07) is 9.54. The van der Waals surface area contributed by atoms with Gasteiger partial charge in [0.1, 0.15) is 11.5 Å². The Kier molecular flexibility index (Phi) is 14.2. The molecule has 2 heterocycles. The molecule has 3 rings (SSSR count). The molecule has 7 nitrogen and oxygen atoms in total. The van der Waals surface area contributed by atoms with E-state index in [2.05, 4.69) is 34.0 Å². The van der Waals surface area contributed by atoms with E-state index in [-0.39, 0.29) is 5.91 Å². The summed E-state index contributed by atoms with van der Waals surface area (Å²) in [5.74, 6) is 0.493. The van der Waals surface area contributed by atoms with E-state index in [9.17, 15) is 9.59 Å². The van der Waals surface area contributed by atoms with Crippen LogP contribution < -0.4 is 16.0 Å². The number of piperidine rings is 1. The molecule has 0 bridgehead atoms. The van der Waals surface area contributed by atoms with E-state index in [1.807, 2.05) is 44.2 Å². The van der Waals surface area contributed by atoms with Gasteiger partial charge in [-0.25, -0.2) is 9.97 Å². The number of carbonyl (C=O) groups excluding carboxylic acids is 2. The Labute approximate surface area is 199 Å². The Morgan fingerprint density at radius 2 is 1.70 bits per heavy atom. The van der Waals surface area contributed by atoms with Crippen LogP contribution in [0.4, 0.5) is 11.5 Å². The highest BCUT2D eigenvalue weighted by molar-refractivity contribution is 5.92. The van der Waals surface area contributed by atoms with Crippen LogP contribution in [0.3, 0.4) is 0 Å². The van der Waals surface area contributed by atoms with Crippen molar-refractivity contribution < 1.29 is 9.59 Å². The molecule has 0 unspecified atom stereocenters. The van der Waals surface area contributed by atoms with Crippen LogP contribution in [0, 0.1) is 0 Å². The quantitative estimate of drug-likeness (QED) is 0.558. The Balaban J connectivity index is 0.000000322. The molecule has 0 atom stereocenters. The van der Waals surface area contributed by atoms with Crippen LogP contribution in [0.2, 0.25) is 0 Å². The highest BCUT2D eigenvalue weighted by Crippen LogP contribution is 2.18. The Morgan fingerprint density at radius 3 is 2.27 bits per heavy atom. The molecule has 1 saturated heterocycles. The summed E-state index contributed by atoms with van der Waals surface area (Å²) in [6.45, 7) is 10.2. The van der Waals surface area contributed by atoms with Gasteiger partial charge in [-0.05, 0) is 44.2 Å². The number of para-hydroxylation sites is 1. The number of anilines is 2. The maximum Gasteiger partial charge on any atom is 0.269 e. The zero-order chi connectivity index (χ0) is 24.5. The average molecular weight is 456 g/mol. The van der Waals surface area contributed by atoms with Crippen molar-refractivity contribution in [2.75, 3.05) is 23.3 Å². The van der Waals surface area contributed by atoms with Gasteiger partial charge < -0.3 is 16.0 Å². The number of benzene rings is 1. The zero-order valence-corrected chi connectivity index (χ0v) is 20.8. The molecule has 2 aromatic rings. The summed E-state index contributed by atoms with van der Waals surface area (Å²) in [7, 11) is 0. The number of amides is 2. The van der Waals surface area contributed by atoms with Gasteiger partial charge in [0.2, 0.25) is 5.91 Å². The lowest BCUT2D eigenvalue weighted by molar-refractivity contribution is -0.116. The lowest BCUT2D eigenvalue weighted by Crippen LogP contribution is -2.31. The van der Waals surface area contributed by atoms with Crippen LogP contribution in [-0.2, 0) is 11.2 Å². The van der Waals surface area contributed by atoms with Crippen molar-refractivity contribution in [2.45, 2.75) is 79.1 Å². The van der Waals surface area contributed by atoms with Crippen molar-refractivity contribution in [3.63, 3.8) is 0 Å². The van der Waals surface area contributed by atoms with E-state index >= 15 is 0 Å². The largest absolute Gasteiger partial charge is 0.364 e. The molecule has 7 heteroatoms. The zero-order valence-electron chi connectivity index (χ0n) is 20.8. The fraction of sp³-hybridized carbons (Fsp3) is 0.538. The van der Waals surface area contributed by atoms with E-state index < -0.39 is 5.91 Å². The molecule has 0 radical (unpaired) electrons. The molecule has 1 aliphatic heterocycles. The number of aromatic nitrogens is 2. The number of carbonyl (C=O) groups is 2. The molecule has 0 aliphatic carbocycles. The standard InChI is InChI=1S/C13H20N4O.C11H15NO.C2H6/c1-2-6-10-12(13(14)18)15-9-11(16-10)17-7-4-3-5-8-17;1-2-3-9-11(13)12-10-7-5-4-6-8-10;1-2/h9H,2-8H2,1H3,(H2,14,18);4-8H,2-3,9H2,1H3,(H,12,13);1-2H3. The van der Waals surface area contributed by atoms with Gasteiger partial charge in [0.15, 0.2) is 0 Å². The minimum atomic E-state index is -0.490. The summed E-state index contributed by atoms with van der Waals surface area (Å²) < 4.78 is 0. The molecule has 0 spiro atoms. The third-order valence-electron chi connectivity index (χ3n) is 5.05. The summed E-state index contributed by atoms with van der Waals surface area (Å²) in [6.07, 6.45) is 9.65. The molecule has 3 N–H and O–H groups in total. The van der Waals surface area contributed by atoms with Gasteiger partial charge in [0.25, 0.3) is 5.91 Å². The molecule has 1 fully saturated rings. The lowest BCUT2D eigenvalue weighted by Gasteiger charge is -2.27. The van der Waals surface area contributed by atoms with E-state index in [0.29, 0.717) is 12.1 Å². The summed E-state index contributed by atoms with van der Waals surface area (Å²) in [5.41, 5.74) is 7.24. The van der Waals surface area contributed by atoms with Crippen molar-refractivity contribution in [1.29, 1.82) is 0 Å². The average Bonchev–Trinajstić information content (AvgIpc) is 2.85. The number of hydrogen-bond donors (Lipinski definition) is 2. The topological polar surface area (TPSA) is 101 Å². The first-order valence-corrected chi connectivity index (χ1v) is 12.3. The van der Waals surface area contributed by atoms with Crippen LogP contribution in [0.15, 0.2) is 36.5 Å². The maximum atomic E-state index is 11.3. The normalized spacial score (nSPS) is 12.5. The van der Waals surface area contributed by atoms with Gasteiger partial charge in [-0.15, -0.1) is 0 Å². The summed E-state index contributed by atoms with van der Waals surface area (Å²) >= 11 is 0. The van der Waals surface area contributed by atoms with Crippen molar-refractivity contribution in [3.05, 3.63) is 47.9 Å². The second-order valence-corrected chi connectivity index (χ2v) is 7.70. The van der Waals surface area contributed by atoms with Gasteiger partial charge >= 0.3 is 0 Å². The third-order valence-corrected chi connectivity index (χ3v) is 5.05. The van der Waals surface area contributed by atoms with Crippen molar-refractivity contribution >= 4 is 23.3 Å². The summed E-state index contributed by atoms with van der Waals surface area (Å²) in [5, 5.41) is 2.84. The molecule has 0 saturated carbocycles. The second kappa shape index (κ2) is 16.6. The minimum absolute atomic E-state index is 0.105. The van der Waals surface area contributed by atoms with Crippen LogP contribution in [-0.4, -0.2) is 34.9 Å². The van der Waals surface area contributed by atoms with Gasteiger partial charge in [-0.1, -0.05) is 58.7 Å². The second-order valence-electron chi connectivity index (χ2n) is 7.70. The predicted octanol–water partition coefficient (Wildman–Crippen LogP) is 5.36. The van der Waals surface area contributed by atoms with Crippen molar-refractivity contribution in [1.82, 2.24) is 9.97 Å². The summed E-state index contributed by atoms with van der Waals surface area (Å²) in [4.78, 5) is 33.6. The lowest BCUT2D eigenvalue weighted by atomic mass is 10.1. The van der Waals surface area contributed by atoms with E-state index in [4.69, 9.17) is 5.73 Å². The SMILES string of the molecule is CC.CCCCC(=O)Nc1ccccc1.CCCc1nc(N2CCCCC2)cnc1C(N)=O. The molecule has 1 aromatic carbocycles. The smallest absolute Gasteiger partial charge is 0.269 e. The van der Waals surface area contributed by atoms with Crippen LogP contribution in [0.1, 0.15) is 88.8 Å². The van der Waals surface area contributed by atoms with Crippen LogP contribution in [0.5, 0.6) is 0 Å². The first-order valence-electron chi connectivity index (χ1n) is 12.3. The first kappa shape index (κ1) is 28.1. The van der Waals surface area contributed by atoms with E-state index in [1.165, 1.54) is 19.3 Å². The van der Waals surface area contributed by atoms with E-state index in [1.54, 1.807) is 6.20 Å². The monoisotopic (exact) mass is 455 g/mol. The number of nitrogens with one attached hydrogen (secondary N) is 1. The van der Waals surface area contributed by atoms with Crippen LogP contribution in [0.25, 0.3) is 0 Å². The number of aryl methyl sites for hydroxylation is 1. The molecular formula is C26H41N5O2. The minimum Gasteiger partial charge on any atom is -0.364 e. The molecule has 1 aromatic heterocycles. The van der Waals surface area contributed by atoms with E-state index in [0.717, 1.165) is 56.0 Å². The maximum absolute atomic E-state index is 11.3. The third kappa shape index (κ3) is 10.5. The van der Waals surface area contributed by atoms with Crippen LogP contribution >= 0.6 is 0 Å². The number of rotatable bonds is 8. The fourth-order valence-corrected chi connectivity index (χ4v) is 3.39. The molecule has 1 aliphatic rings. The number of unbranched alkanes of at least 4 members (excludes halogenated alkanes) is 1. The number of nitrogens with two attached hydrogens (primary N) is 1. The highest BCUT2D eigenvalue weighted by Gasteiger charge is 2.16. The number of primary amides is 1. The highest BCUT2D eigenvalue weighted by atomic mass is 16.2. The van der Waals surface area contributed by atoms with Gasteiger partial charge in [-0.2, -0.15) is 0 Å². The van der Waals surface area contributed by atoms with Gasteiger partial charge in [0.05, 0.1) is 11.9 Å². The Bertz CT molecular complexity index is 821. The Hall–Kier alpha value is -2.96. The number of nitrogens with zero attached hydrogens (tertiary/aromatic N) is 3. The predicted molar refractivity (Wildman–Crippen MR) is 137 cm³/mol. The molecular weight excluding hydrogens is 414 g/mol. The molecule has 2 amide bonds. The molecule has 33 heavy (non-hydrogen) atoms. The molecule has 182 valence electrons. The van der Waals surface area contributed by atoms with Gasteiger partial charge in [-0.3, -0.25) is 9.59 Å².